The zero-order chi connectivity index (χ0) is 16.6. The number of hydrogen-bond acceptors (Lipinski definition) is 4. The monoisotopic (exact) mass is 325 g/mol. The Morgan fingerprint density at radius 2 is 1.83 bits per heavy atom. The van der Waals surface area contributed by atoms with Crippen LogP contribution in [0.15, 0.2) is 36.4 Å². The van der Waals surface area contributed by atoms with Crippen molar-refractivity contribution in [3.63, 3.8) is 0 Å². The highest BCUT2D eigenvalue weighted by atomic mass is 19.3. The van der Waals surface area contributed by atoms with Crippen molar-refractivity contribution in [2.45, 2.75) is 18.8 Å². The maximum absolute atomic E-state index is 12.4. The highest BCUT2D eigenvalue weighted by Crippen LogP contribution is 2.40. The molecule has 3 rings (SSSR count). The zero-order valence-corrected chi connectivity index (χ0v) is 11.7. The van der Waals surface area contributed by atoms with E-state index in [1.807, 2.05) is 0 Å². The Morgan fingerprint density at radius 3 is 2.48 bits per heavy atom. The van der Waals surface area contributed by atoms with Crippen molar-refractivity contribution in [2.24, 2.45) is 11.8 Å². The van der Waals surface area contributed by atoms with Crippen LogP contribution in [0.5, 0.6) is 5.75 Å². The second-order valence-electron chi connectivity index (χ2n) is 5.20. The number of hydrogen-bond donors (Lipinski definition) is 2. The number of alkyl halides is 2. The van der Waals surface area contributed by atoms with Crippen LogP contribution in [-0.4, -0.2) is 35.8 Å². The summed E-state index contributed by atoms with van der Waals surface area (Å²) < 4.78 is 34.5. The first kappa shape index (κ1) is 15.4. The lowest BCUT2D eigenvalue weighted by Crippen LogP contribution is -2.39. The predicted molar refractivity (Wildman–Crippen MR) is 74.1 cm³/mol. The minimum absolute atomic E-state index is 0.0497. The van der Waals surface area contributed by atoms with E-state index in [2.05, 4.69) is 10.1 Å². The number of para-hydroxylation sites is 2. The molecular weight excluding hydrogens is 312 g/mol. The molecule has 2 aliphatic heterocycles. The van der Waals surface area contributed by atoms with Crippen molar-refractivity contribution in [3.8, 4) is 5.75 Å². The largest absolute Gasteiger partial charge is 0.481 e. The van der Waals surface area contributed by atoms with Crippen LogP contribution in [0.1, 0.15) is 0 Å². The summed E-state index contributed by atoms with van der Waals surface area (Å²) in [6.07, 6.45) is 1.96. The molecule has 2 N–H and O–H groups in total. The molecule has 1 saturated heterocycles. The summed E-state index contributed by atoms with van der Waals surface area (Å²) in [6.45, 7) is -3.03. The quantitative estimate of drug-likeness (QED) is 0.808. The molecule has 4 atom stereocenters. The smallest absolute Gasteiger partial charge is 0.387 e. The minimum Gasteiger partial charge on any atom is -0.481 e. The average Bonchev–Trinajstić information content (AvgIpc) is 3.09. The molecule has 1 aromatic carbocycles. The number of carbonyl (C=O) groups is 2. The van der Waals surface area contributed by atoms with E-state index in [1.165, 1.54) is 18.2 Å². The van der Waals surface area contributed by atoms with Crippen LogP contribution in [-0.2, 0) is 14.3 Å². The van der Waals surface area contributed by atoms with Gasteiger partial charge in [-0.15, -0.1) is 0 Å². The summed E-state index contributed by atoms with van der Waals surface area (Å²) in [5.74, 6) is -3.88. The van der Waals surface area contributed by atoms with Crippen molar-refractivity contribution in [2.75, 3.05) is 5.32 Å². The van der Waals surface area contributed by atoms with Gasteiger partial charge in [0.25, 0.3) is 0 Å². The Hall–Kier alpha value is -2.48. The van der Waals surface area contributed by atoms with Crippen LogP contribution in [0, 0.1) is 11.8 Å². The van der Waals surface area contributed by atoms with Gasteiger partial charge in [-0.2, -0.15) is 8.78 Å². The number of carboxylic acid groups (broad SMARTS) is 1. The van der Waals surface area contributed by atoms with Gasteiger partial charge in [0, 0.05) is 0 Å². The second-order valence-corrected chi connectivity index (χ2v) is 5.20. The number of fused-ring (bicyclic) bond motifs is 2. The third kappa shape index (κ3) is 2.89. The molecule has 1 amide bonds. The van der Waals surface area contributed by atoms with Crippen LogP contribution in [0.25, 0.3) is 0 Å². The number of halogens is 2. The molecular formula is C15H13F2NO5. The van der Waals surface area contributed by atoms with Crippen molar-refractivity contribution >= 4 is 17.6 Å². The second kappa shape index (κ2) is 5.96. The van der Waals surface area contributed by atoms with Gasteiger partial charge in [-0.3, -0.25) is 9.59 Å². The number of aliphatic carboxylic acids is 1. The number of rotatable bonds is 5. The highest BCUT2D eigenvalue weighted by molar-refractivity contribution is 5.97. The molecule has 2 heterocycles. The maximum Gasteiger partial charge on any atom is 0.387 e. The van der Waals surface area contributed by atoms with E-state index in [9.17, 15) is 23.5 Å². The third-order valence-corrected chi connectivity index (χ3v) is 3.85. The first-order valence-electron chi connectivity index (χ1n) is 6.88. The first-order valence-corrected chi connectivity index (χ1v) is 6.88. The van der Waals surface area contributed by atoms with Gasteiger partial charge in [0.1, 0.15) is 11.7 Å². The van der Waals surface area contributed by atoms with E-state index >= 15 is 0 Å². The van der Waals surface area contributed by atoms with E-state index in [1.54, 1.807) is 18.2 Å². The number of amides is 1. The molecule has 6 nitrogen and oxygen atoms in total. The van der Waals surface area contributed by atoms with Crippen LogP contribution in [0.4, 0.5) is 14.5 Å². The third-order valence-electron chi connectivity index (χ3n) is 3.85. The van der Waals surface area contributed by atoms with Gasteiger partial charge >= 0.3 is 12.6 Å². The normalized spacial score (nSPS) is 28.1. The average molecular weight is 325 g/mol. The van der Waals surface area contributed by atoms with E-state index < -0.39 is 42.5 Å². The Kier molecular flexibility index (Phi) is 3.99. The number of anilines is 1. The molecule has 0 radical (unpaired) electrons. The van der Waals surface area contributed by atoms with Crippen LogP contribution >= 0.6 is 0 Å². The molecule has 0 aromatic heterocycles. The standard InChI is InChI=1S/C15H13F2NO5/c16-15(17)23-8-4-2-1-3-7(8)18-13(19)11-9-5-6-10(22-9)12(11)14(20)21/h1-6,9-12,15H,(H,18,19)(H,20,21). The molecule has 0 spiro atoms. The molecule has 0 aliphatic carbocycles. The number of ether oxygens (including phenoxy) is 2. The van der Waals surface area contributed by atoms with Gasteiger partial charge in [-0.25, -0.2) is 0 Å². The highest BCUT2D eigenvalue weighted by Gasteiger charge is 2.53. The molecule has 2 bridgehead atoms. The fourth-order valence-electron chi connectivity index (χ4n) is 2.90. The van der Waals surface area contributed by atoms with Gasteiger partial charge in [0.2, 0.25) is 5.91 Å². The summed E-state index contributed by atoms with van der Waals surface area (Å²) in [4.78, 5) is 23.8. The van der Waals surface area contributed by atoms with Crippen LogP contribution in [0.2, 0.25) is 0 Å². The topological polar surface area (TPSA) is 84.9 Å². The van der Waals surface area contributed by atoms with Gasteiger partial charge in [-0.05, 0) is 12.1 Å². The van der Waals surface area contributed by atoms with Gasteiger partial charge in [0.05, 0.1) is 23.8 Å². The van der Waals surface area contributed by atoms with Gasteiger partial charge in [-0.1, -0.05) is 24.3 Å². The summed E-state index contributed by atoms with van der Waals surface area (Å²) in [6, 6.07) is 5.71. The SMILES string of the molecule is O=C(O)C1C2C=CC(O2)C1C(=O)Nc1ccccc1OC(F)F. The zero-order valence-electron chi connectivity index (χ0n) is 11.7. The Morgan fingerprint density at radius 1 is 1.17 bits per heavy atom. The molecule has 0 saturated carbocycles. The fourth-order valence-corrected chi connectivity index (χ4v) is 2.90. The van der Waals surface area contributed by atoms with Crippen molar-refractivity contribution < 1.29 is 33.0 Å². The van der Waals surface area contributed by atoms with Crippen molar-refractivity contribution in [1.82, 2.24) is 0 Å². The number of carbonyl (C=O) groups excluding carboxylic acids is 1. The van der Waals surface area contributed by atoms with Crippen LogP contribution < -0.4 is 10.1 Å². The predicted octanol–water partition coefficient (Wildman–Crippen LogP) is 1.88. The number of benzene rings is 1. The van der Waals surface area contributed by atoms with Crippen LogP contribution in [0.3, 0.4) is 0 Å². The molecule has 4 unspecified atom stereocenters. The molecule has 122 valence electrons. The number of carboxylic acids is 1. The fraction of sp³-hybridized carbons (Fsp3) is 0.333. The van der Waals surface area contributed by atoms with E-state index in [0.29, 0.717) is 0 Å². The van der Waals surface area contributed by atoms with Gasteiger partial charge in [0.15, 0.2) is 0 Å². The summed E-state index contributed by atoms with van der Waals surface area (Å²) in [5, 5.41) is 11.7. The first-order chi connectivity index (χ1) is 11.0. The summed E-state index contributed by atoms with van der Waals surface area (Å²) in [7, 11) is 0. The molecule has 1 aromatic rings. The Balaban J connectivity index is 1.80. The lowest BCUT2D eigenvalue weighted by Gasteiger charge is -2.21. The van der Waals surface area contributed by atoms with E-state index in [4.69, 9.17) is 4.74 Å². The Bertz CT molecular complexity index is 663. The number of nitrogens with one attached hydrogen (secondary N) is 1. The van der Waals surface area contributed by atoms with Crippen molar-refractivity contribution in [3.05, 3.63) is 36.4 Å². The Labute approximate surface area is 129 Å². The molecule has 23 heavy (non-hydrogen) atoms. The van der Waals surface area contributed by atoms with E-state index in [0.717, 1.165) is 0 Å². The summed E-state index contributed by atoms with van der Waals surface area (Å²) in [5.41, 5.74) is 0.0497. The van der Waals surface area contributed by atoms with Gasteiger partial charge < -0.3 is 19.9 Å². The van der Waals surface area contributed by atoms with Crippen molar-refractivity contribution in [1.29, 1.82) is 0 Å². The molecule has 2 aliphatic rings. The molecule has 1 fully saturated rings. The lowest BCUT2D eigenvalue weighted by molar-refractivity contribution is -0.145. The molecule has 8 heteroatoms. The lowest BCUT2D eigenvalue weighted by atomic mass is 9.82. The summed E-state index contributed by atoms with van der Waals surface area (Å²) >= 11 is 0. The minimum atomic E-state index is -3.03. The van der Waals surface area contributed by atoms with E-state index in [-0.39, 0.29) is 11.4 Å². The maximum atomic E-state index is 12.4.